The van der Waals surface area contributed by atoms with Crippen LogP contribution in [0.1, 0.15) is 18.1 Å². The highest BCUT2D eigenvalue weighted by Crippen LogP contribution is 2.29. The lowest BCUT2D eigenvalue weighted by Gasteiger charge is -2.05. The monoisotopic (exact) mass is 243 g/mol. The molecule has 0 fully saturated rings. The Morgan fingerprint density at radius 2 is 1.88 bits per heavy atom. The van der Waals surface area contributed by atoms with Crippen molar-refractivity contribution in [2.45, 2.75) is 13.1 Å². The Morgan fingerprint density at radius 1 is 1.29 bits per heavy atom. The maximum absolute atomic E-state index is 12.2. The fourth-order valence-electron chi connectivity index (χ4n) is 1.18. The summed E-state index contributed by atoms with van der Waals surface area (Å²) in [7, 11) is 0. The minimum Gasteiger partial charge on any atom is -0.353 e. The quantitative estimate of drug-likeness (QED) is 0.869. The van der Waals surface area contributed by atoms with E-state index in [2.05, 4.69) is 5.32 Å². The van der Waals surface area contributed by atoms with Crippen LogP contribution in [-0.2, 0) is 11.0 Å². The number of carbonyl (C=O) groups is 1. The second-order valence-electron chi connectivity index (χ2n) is 3.46. The van der Waals surface area contributed by atoms with E-state index in [4.69, 9.17) is 0 Å². The second-order valence-corrected chi connectivity index (χ2v) is 3.46. The summed E-state index contributed by atoms with van der Waals surface area (Å²) in [5, 5.41) is 2.55. The molecule has 0 bridgehead atoms. The lowest BCUT2D eigenvalue weighted by Crippen LogP contribution is -2.19. The van der Waals surface area contributed by atoms with E-state index in [1.54, 1.807) is 12.2 Å². The molecule has 1 aromatic carbocycles. The van der Waals surface area contributed by atoms with Gasteiger partial charge in [-0.1, -0.05) is 24.3 Å². The standard InChI is InChI=1S/C12H12F3NO/c1-9(17)16-8-2-3-10-4-6-11(7-5-10)12(13,14)15/h2-7H,8H2,1H3,(H,16,17). The molecule has 1 rings (SSSR count). The fourth-order valence-corrected chi connectivity index (χ4v) is 1.18. The van der Waals surface area contributed by atoms with Crippen molar-refractivity contribution in [2.24, 2.45) is 0 Å². The van der Waals surface area contributed by atoms with E-state index >= 15 is 0 Å². The summed E-state index contributed by atoms with van der Waals surface area (Å²) in [6.07, 6.45) is -0.988. The molecule has 2 nitrogen and oxygen atoms in total. The van der Waals surface area contributed by atoms with Crippen LogP contribution in [0.5, 0.6) is 0 Å². The Morgan fingerprint density at radius 3 is 2.35 bits per heavy atom. The zero-order valence-electron chi connectivity index (χ0n) is 9.21. The molecular weight excluding hydrogens is 231 g/mol. The molecule has 0 saturated carbocycles. The molecule has 0 unspecified atom stereocenters. The van der Waals surface area contributed by atoms with Crippen LogP contribution in [0.2, 0.25) is 0 Å². The van der Waals surface area contributed by atoms with Gasteiger partial charge in [0.2, 0.25) is 5.91 Å². The minimum absolute atomic E-state index is 0.151. The van der Waals surface area contributed by atoms with E-state index < -0.39 is 11.7 Å². The fraction of sp³-hybridized carbons (Fsp3) is 0.250. The largest absolute Gasteiger partial charge is 0.416 e. The van der Waals surface area contributed by atoms with Gasteiger partial charge in [0.15, 0.2) is 0 Å². The smallest absolute Gasteiger partial charge is 0.353 e. The first kappa shape index (κ1) is 13.3. The van der Waals surface area contributed by atoms with Gasteiger partial charge in [-0.15, -0.1) is 0 Å². The second kappa shape index (κ2) is 5.52. The molecule has 17 heavy (non-hydrogen) atoms. The molecule has 5 heteroatoms. The van der Waals surface area contributed by atoms with E-state index in [1.807, 2.05) is 0 Å². The van der Waals surface area contributed by atoms with Crippen LogP contribution in [0.3, 0.4) is 0 Å². The highest BCUT2D eigenvalue weighted by Gasteiger charge is 2.29. The number of halogens is 3. The average molecular weight is 243 g/mol. The predicted molar refractivity (Wildman–Crippen MR) is 59.2 cm³/mol. The molecule has 0 atom stereocenters. The van der Waals surface area contributed by atoms with Gasteiger partial charge in [0.25, 0.3) is 0 Å². The van der Waals surface area contributed by atoms with Crippen molar-refractivity contribution in [3.63, 3.8) is 0 Å². The molecule has 0 aromatic heterocycles. The molecule has 0 spiro atoms. The third-order valence-electron chi connectivity index (χ3n) is 2.02. The highest BCUT2D eigenvalue weighted by molar-refractivity contribution is 5.73. The van der Waals surface area contributed by atoms with E-state index in [0.29, 0.717) is 12.1 Å². The van der Waals surface area contributed by atoms with Crippen molar-refractivity contribution in [3.05, 3.63) is 41.5 Å². The number of alkyl halides is 3. The molecule has 1 N–H and O–H groups in total. The molecular formula is C12H12F3NO. The number of hydrogen-bond acceptors (Lipinski definition) is 1. The Kier molecular flexibility index (Phi) is 4.31. The van der Waals surface area contributed by atoms with E-state index in [1.165, 1.54) is 19.1 Å². The lowest BCUT2D eigenvalue weighted by molar-refractivity contribution is -0.137. The minimum atomic E-state index is -4.31. The van der Waals surface area contributed by atoms with Crippen LogP contribution >= 0.6 is 0 Å². The summed E-state index contributed by atoms with van der Waals surface area (Å²) in [5.41, 5.74) is -0.0140. The third-order valence-corrected chi connectivity index (χ3v) is 2.02. The summed E-state index contributed by atoms with van der Waals surface area (Å²) in [5.74, 6) is -0.151. The lowest BCUT2D eigenvalue weighted by atomic mass is 10.1. The van der Waals surface area contributed by atoms with Gasteiger partial charge in [-0.25, -0.2) is 0 Å². The van der Waals surface area contributed by atoms with Crippen molar-refractivity contribution in [1.29, 1.82) is 0 Å². The van der Waals surface area contributed by atoms with Gasteiger partial charge < -0.3 is 5.32 Å². The molecule has 92 valence electrons. The first-order chi connectivity index (χ1) is 7.89. The summed E-state index contributed by atoms with van der Waals surface area (Å²) < 4.78 is 36.7. The summed E-state index contributed by atoms with van der Waals surface area (Å²) in [6, 6.07) is 4.82. The van der Waals surface area contributed by atoms with Crippen molar-refractivity contribution >= 4 is 12.0 Å². The van der Waals surface area contributed by atoms with Crippen LogP contribution < -0.4 is 5.32 Å². The number of hydrogen-bond donors (Lipinski definition) is 1. The Hall–Kier alpha value is -1.78. The molecule has 0 saturated heterocycles. The van der Waals surface area contributed by atoms with Crippen LogP contribution in [0.25, 0.3) is 6.08 Å². The molecule has 0 heterocycles. The molecule has 0 radical (unpaired) electrons. The Bertz CT molecular complexity index is 407. The highest BCUT2D eigenvalue weighted by atomic mass is 19.4. The first-order valence-electron chi connectivity index (χ1n) is 4.98. The molecule has 0 aliphatic rings. The maximum Gasteiger partial charge on any atom is 0.416 e. The van der Waals surface area contributed by atoms with Gasteiger partial charge in [-0.3, -0.25) is 4.79 Å². The van der Waals surface area contributed by atoms with Gasteiger partial charge in [0.1, 0.15) is 0 Å². The van der Waals surface area contributed by atoms with Crippen molar-refractivity contribution in [3.8, 4) is 0 Å². The number of carbonyl (C=O) groups excluding carboxylic acids is 1. The van der Waals surface area contributed by atoms with Crippen LogP contribution in [-0.4, -0.2) is 12.5 Å². The number of rotatable bonds is 3. The van der Waals surface area contributed by atoms with Crippen molar-refractivity contribution in [1.82, 2.24) is 5.32 Å². The zero-order chi connectivity index (χ0) is 12.9. The predicted octanol–water partition coefficient (Wildman–Crippen LogP) is 2.85. The van der Waals surface area contributed by atoms with Crippen LogP contribution in [0.4, 0.5) is 13.2 Å². The molecule has 0 aliphatic carbocycles. The van der Waals surface area contributed by atoms with Gasteiger partial charge in [0, 0.05) is 13.5 Å². The first-order valence-corrected chi connectivity index (χ1v) is 4.98. The van der Waals surface area contributed by atoms with Gasteiger partial charge in [0.05, 0.1) is 5.56 Å². The Balaban J connectivity index is 2.60. The molecule has 0 aliphatic heterocycles. The summed E-state index contributed by atoms with van der Waals surface area (Å²) in [6.45, 7) is 1.75. The van der Waals surface area contributed by atoms with Crippen molar-refractivity contribution < 1.29 is 18.0 Å². The SMILES string of the molecule is CC(=O)NCC=Cc1ccc(C(F)(F)F)cc1. The number of amides is 1. The molecule has 1 aromatic rings. The van der Waals surface area contributed by atoms with Gasteiger partial charge in [-0.05, 0) is 17.7 Å². The van der Waals surface area contributed by atoms with Crippen molar-refractivity contribution in [2.75, 3.05) is 6.54 Å². The Labute approximate surface area is 97.1 Å². The van der Waals surface area contributed by atoms with Crippen LogP contribution in [0, 0.1) is 0 Å². The third kappa shape index (κ3) is 4.72. The van der Waals surface area contributed by atoms with Gasteiger partial charge >= 0.3 is 6.18 Å². The van der Waals surface area contributed by atoms with E-state index in [9.17, 15) is 18.0 Å². The normalized spacial score (nSPS) is 11.8. The van der Waals surface area contributed by atoms with E-state index in [0.717, 1.165) is 12.1 Å². The molecule has 1 amide bonds. The number of benzene rings is 1. The summed E-state index contributed by atoms with van der Waals surface area (Å²) >= 11 is 0. The van der Waals surface area contributed by atoms with Crippen LogP contribution in [0.15, 0.2) is 30.3 Å². The van der Waals surface area contributed by atoms with Gasteiger partial charge in [-0.2, -0.15) is 13.2 Å². The maximum atomic E-state index is 12.2. The average Bonchev–Trinajstić information content (AvgIpc) is 2.23. The zero-order valence-corrected chi connectivity index (χ0v) is 9.21. The topological polar surface area (TPSA) is 29.1 Å². The van der Waals surface area contributed by atoms with E-state index in [-0.39, 0.29) is 5.91 Å². The number of nitrogens with one attached hydrogen (secondary N) is 1. The summed E-state index contributed by atoms with van der Waals surface area (Å²) in [4.78, 5) is 10.5.